The van der Waals surface area contributed by atoms with Gasteiger partial charge in [0.1, 0.15) is 5.75 Å². The van der Waals surface area contributed by atoms with Crippen molar-refractivity contribution in [2.24, 2.45) is 5.73 Å². The number of nitrogens with two attached hydrogens (primary N) is 1. The second kappa shape index (κ2) is 6.46. The van der Waals surface area contributed by atoms with Crippen LogP contribution in [0.25, 0.3) is 5.69 Å². The maximum atomic E-state index is 12.4. The Hall–Kier alpha value is -2.27. The predicted octanol–water partition coefficient (Wildman–Crippen LogP) is 2.57. The molecule has 0 aliphatic carbocycles. The van der Waals surface area contributed by atoms with E-state index in [-0.39, 0.29) is 5.91 Å². The Morgan fingerprint density at radius 2 is 1.87 bits per heavy atom. The van der Waals surface area contributed by atoms with Crippen LogP contribution in [0.1, 0.15) is 35.6 Å². The van der Waals surface area contributed by atoms with Gasteiger partial charge in [0, 0.05) is 29.2 Å². The fourth-order valence-electron chi connectivity index (χ4n) is 2.52. The monoisotopic (exact) mass is 315 g/mol. The van der Waals surface area contributed by atoms with Crippen molar-refractivity contribution in [3.05, 3.63) is 47.3 Å². The molecule has 2 rings (SSSR count). The maximum Gasteiger partial charge on any atom is 0.253 e. The normalized spacial score (nSPS) is 11.4. The number of ether oxygens (including phenoxy) is 1. The van der Waals surface area contributed by atoms with E-state index in [1.54, 1.807) is 7.11 Å². The van der Waals surface area contributed by atoms with Crippen molar-refractivity contribution in [1.29, 1.82) is 0 Å². The highest BCUT2D eigenvalue weighted by atomic mass is 16.5. The first-order valence-corrected chi connectivity index (χ1v) is 7.63. The molecule has 2 aromatic rings. The summed E-state index contributed by atoms with van der Waals surface area (Å²) < 4.78 is 7.25. The van der Waals surface area contributed by atoms with Crippen molar-refractivity contribution in [1.82, 2.24) is 9.88 Å². The Morgan fingerprint density at radius 1 is 1.26 bits per heavy atom. The topological polar surface area (TPSA) is 69.3 Å². The first-order valence-electron chi connectivity index (χ1n) is 7.63. The average molecular weight is 315 g/mol. The smallest absolute Gasteiger partial charge is 0.253 e. The minimum Gasteiger partial charge on any atom is -0.497 e. The molecule has 124 valence electrons. The molecule has 0 bridgehead atoms. The van der Waals surface area contributed by atoms with Crippen molar-refractivity contribution < 1.29 is 9.53 Å². The third kappa shape index (κ3) is 3.93. The molecule has 0 unspecified atom stereocenters. The molecule has 0 fully saturated rings. The molecule has 0 atom stereocenters. The molecule has 0 saturated carbocycles. The zero-order valence-electron chi connectivity index (χ0n) is 14.4. The Labute approximate surface area is 137 Å². The van der Waals surface area contributed by atoms with Gasteiger partial charge >= 0.3 is 0 Å². The summed E-state index contributed by atoms with van der Waals surface area (Å²) in [5, 5.41) is 2.89. The quantitative estimate of drug-likeness (QED) is 0.891. The van der Waals surface area contributed by atoms with Gasteiger partial charge in [0.25, 0.3) is 5.91 Å². The first kappa shape index (κ1) is 17.1. The van der Waals surface area contributed by atoms with E-state index in [1.807, 2.05) is 58.0 Å². The standard InChI is InChI=1S/C18H25N3O2/c1-12-10-16(17(22)20-11-18(3,4)19)13(2)21(12)14-6-8-15(23-5)9-7-14/h6-10H,11,19H2,1-5H3,(H,20,22). The third-order valence-corrected chi connectivity index (χ3v) is 3.71. The molecule has 0 aliphatic heterocycles. The van der Waals surface area contributed by atoms with Gasteiger partial charge in [-0.15, -0.1) is 0 Å². The molecule has 1 heterocycles. The van der Waals surface area contributed by atoms with E-state index in [4.69, 9.17) is 10.5 Å². The minimum atomic E-state index is -0.433. The number of nitrogens with zero attached hydrogens (tertiary/aromatic N) is 1. The summed E-state index contributed by atoms with van der Waals surface area (Å²) in [5.41, 5.74) is 9.06. The van der Waals surface area contributed by atoms with Gasteiger partial charge in [0.15, 0.2) is 0 Å². The molecular weight excluding hydrogens is 290 g/mol. The van der Waals surface area contributed by atoms with Gasteiger partial charge in [0.2, 0.25) is 0 Å². The molecule has 0 aliphatic rings. The van der Waals surface area contributed by atoms with Crippen LogP contribution in [0.15, 0.2) is 30.3 Å². The molecule has 1 aromatic heterocycles. The lowest BCUT2D eigenvalue weighted by Gasteiger charge is -2.19. The van der Waals surface area contributed by atoms with E-state index in [1.165, 1.54) is 0 Å². The largest absolute Gasteiger partial charge is 0.497 e. The number of carbonyl (C=O) groups excluding carboxylic acids is 1. The second-order valence-corrected chi connectivity index (χ2v) is 6.49. The van der Waals surface area contributed by atoms with Crippen LogP contribution < -0.4 is 15.8 Å². The van der Waals surface area contributed by atoms with Crippen LogP contribution in [-0.2, 0) is 0 Å². The SMILES string of the molecule is COc1ccc(-n2c(C)cc(C(=O)NCC(C)(C)N)c2C)cc1. The molecule has 1 amide bonds. The lowest BCUT2D eigenvalue weighted by molar-refractivity contribution is 0.0945. The number of hydrogen-bond acceptors (Lipinski definition) is 3. The van der Waals surface area contributed by atoms with Crippen molar-refractivity contribution >= 4 is 5.91 Å². The number of carbonyl (C=O) groups is 1. The van der Waals surface area contributed by atoms with Crippen LogP contribution in [0.4, 0.5) is 0 Å². The Kier molecular flexibility index (Phi) is 4.80. The van der Waals surface area contributed by atoms with E-state index in [0.29, 0.717) is 12.1 Å². The lowest BCUT2D eigenvalue weighted by Crippen LogP contribution is -2.45. The summed E-state index contributed by atoms with van der Waals surface area (Å²) in [6, 6.07) is 9.67. The minimum absolute atomic E-state index is 0.101. The Morgan fingerprint density at radius 3 is 2.39 bits per heavy atom. The van der Waals surface area contributed by atoms with Gasteiger partial charge in [0.05, 0.1) is 12.7 Å². The molecule has 0 spiro atoms. The van der Waals surface area contributed by atoms with Gasteiger partial charge in [-0.3, -0.25) is 4.79 Å². The molecule has 5 heteroatoms. The number of rotatable bonds is 5. The van der Waals surface area contributed by atoms with Crippen molar-refractivity contribution in [2.45, 2.75) is 33.2 Å². The van der Waals surface area contributed by atoms with Crippen LogP contribution in [0.5, 0.6) is 5.75 Å². The average Bonchev–Trinajstić information content (AvgIpc) is 2.79. The van der Waals surface area contributed by atoms with Crippen molar-refractivity contribution in [2.75, 3.05) is 13.7 Å². The second-order valence-electron chi connectivity index (χ2n) is 6.49. The summed E-state index contributed by atoms with van der Waals surface area (Å²) in [6.07, 6.45) is 0. The first-order chi connectivity index (χ1) is 10.7. The molecule has 0 saturated heterocycles. The number of benzene rings is 1. The van der Waals surface area contributed by atoms with E-state index < -0.39 is 5.54 Å². The van der Waals surface area contributed by atoms with E-state index in [0.717, 1.165) is 22.8 Å². The van der Waals surface area contributed by atoms with E-state index in [2.05, 4.69) is 9.88 Å². The summed E-state index contributed by atoms with van der Waals surface area (Å²) >= 11 is 0. The highest BCUT2D eigenvalue weighted by molar-refractivity contribution is 5.96. The zero-order valence-corrected chi connectivity index (χ0v) is 14.4. The van der Waals surface area contributed by atoms with Gasteiger partial charge in [-0.25, -0.2) is 0 Å². The van der Waals surface area contributed by atoms with Crippen LogP contribution in [0.3, 0.4) is 0 Å². The van der Waals surface area contributed by atoms with Crippen molar-refractivity contribution in [3.63, 3.8) is 0 Å². The van der Waals surface area contributed by atoms with Gasteiger partial charge in [-0.2, -0.15) is 0 Å². The maximum absolute atomic E-state index is 12.4. The summed E-state index contributed by atoms with van der Waals surface area (Å²) in [5.74, 6) is 0.704. The molecule has 23 heavy (non-hydrogen) atoms. The van der Waals surface area contributed by atoms with E-state index in [9.17, 15) is 4.79 Å². The lowest BCUT2D eigenvalue weighted by atomic mass is 10.1. The number of aromatic nitrogens is 1. The van der Waals surface area contributed by atoms with Crippen LogP contribution in [-0.4, -0.2) is 29.7 Å². The summed E-state index contributed by atoms with van der Waals surface area (Å²) in [4.78, 5) is 12.4. The molecule has 1 aromatic carbocycles. The Bertz CT molecular complexity index is 694. The number of nitrogens with one attached hydrogen (secondary N) is 1. The van der Waals surface area contributed by atoms with E-state index >= 15 is 0 Å². The van der Waals surface area contributed by atoms with Crippen molar-refractivity contribution in [3.8, 4) is 11.4 Å². The van der Waals surface area contributed by atoms with Gasteiger partial charge in [-0.05, 0) is 58.0 Å². The number of aryl methyl sites for hydroxylation is 1. The fourth-order valence-corrected chi connectivity index (χ4v) is 2.52. The predicted molar refractivity (Wildman–Crippen MR) is 92.4 cm³/mol. The molecule has 5 nitrogen and oxygen atoms in total. The molecular formula is C18H25N3O2. The van der Waals surface area contributed by atoms with Crippen LogP contribution in [0, 0.1) is 13.8 Å². The number of hydrogen-bond donors (Lipinski definition) is 2. The highest BCUT2D eigenvalue weighted by Crippen LogP contribution is 2.22. The zero-order chi connectivity index (χ0) is 17.2. The number of amides is 1. The van der Waals surface area contributed by atoms with Gasteiger partial charge in [-0.1, -0.05) is 0 Å². The number of methoxy groups -OCH3 is 1. The molecule has 0 radical (unpaired) electrons. The van der Waals surface area contributed by atoms with Crippen LogP contribution in [0.2, 0.25) is 0 Å². The third-order valence-electron chi connectivity index (χ3n) is 3.71. The highest BCUT2D eigenvalue weighted by Gasteiger charge is 2.18. The molecule has 3 N–H and O–H groups in total. The Balaban J connectivity index is 2.30. The fraction of sp³-hybridized carbons (Fsp3) is 0.389. The van der Waals surface area contributed by atoms with Gasteiger partial charge < -0.3 is 20.4 Å². The van der Waals surface area contributed by atoms with Crippen LogP contribution >= 0.6 is 0 Å². The summed E-state index contributed by atoms with van der Waals surface area (Å²) in [6.45, 7) is 8.13. The summed E-state index contributed by atoms with van der Waals surface area (Å²) in [7, 11) is 1.64.